The number of hydrogen-bond donors (Lipinski definition) is 1. The molecule has 0 saturated carbocycles. The van der Waals surface area contributed by atoms with Crippen molar-refractivity contribution in [2.45, 2.75) is 19.9 Å². The van der Waals surface area contributed by atoms with Crippen LogP contribution in [0.5, 0.6) is 11.5 Å². The van der Waals surface area contributed by atoms with Gasteiger partial charge in [0.2, 0.25) is 0 Å². The Morgan fingerprint density at radius 3 is 2.35 bits per heavy atom. The van der Waals surface area contributed by atoms with Crippen LogP contribution in [0.1, 0.15) is 28.3 Å². The molecule has 0 amide bonds. The molecule has 0 aliphatic heterocycles. The van der Waals surface area contributed by atoms with Crippen LogP contribution in [0.4, 0.5) is 0 Å². The summed E-state index contributed by atoms with van der Waals surface area (Å²) < 4.78 is 10.7. The van der Waals surface area contributed by atoms with Crippen LogP contribution < -0.4 is 15.2 Å². The van der Waals surface area contributed by atoms with Crippen LogP contribution in [0.15, 0.2) is 30.6 Å². The first-order chi connectivity index (χ1) is 9.58. The fraction of sp³-hybridized carbons (Fsp3) is 0.312. The van der Waals surface area contributed by atoms with E-state index in [1.807, 2.05) is 26.0 Å². The number of methoxy groups -OCH3 is 2. The van der Waals surface area contributed by atoms with Crippen LogP contribution in [0.2, 0.25) is 0 Å². The standard InChI is InChI=1S/C16H20N2O2/c1-10-8-14(19-3)11(2)7-13(10)16(17)12-5-6-18-9-15(12)20-4/h5-9,16H,17H2,1-4H3. The third kappa shape index (κ3) is 2.60. The first-order valence-corrected chi connectivity index (χ1v) is 6.47. The molecule has 1 aromatic heterocycles. The second kappa shape index (κ2) is 5.92. The number of nitrogens with zero attached hydrogens (tertiary/aromatic N) is 1. The molecule has 0 bridgehead atoms. The molecule has 0 aliphatic carbocycles. The van der Waals surface area contributed by atoms with Crippen molar-refractivity contribution in [2.24, 2.45) is 5.73 Å². The van der Waals surface area contributed by atoms with Gasteiger partial charge in [0.05, 0.1) is 26.5 Å². The molecule has 0 aliphatic rings. The van der Waals surface area contributed by atoms with Gasteiger partial charge < -0.3 is 15.2 Å². The number of ether oxygens (including phenoxy) is 2. The number of benzene rings is 1. The van der Waals surface area contributed by atoms with E-state index >= 15 is 0 Å². The van der Waals surface area contributed by atoms with Gasteiger partial charge in [-0.15, -0.1) is 0 Å². The zero-order valence-electron chi connectivity index (χ0n) is 12.3. The smallest absolute Gasteiger partial charge is 0.142 e. The Kier molecular flexibility index (Phi) is 4.25. The van der Waals surface area contributed by atoms with Crippen molar-refractivity contribution in [1.29, 1.82) is 0 Å². The molecule has 2 N–H and O–H groups in total. The second-order valence-electron chi connectivity index (χ2n) is 4.77. The van der Waals surface area contributed by atoms with Crippen LogP contribution >= 0.6 is 0 Å². The summed E-state index contributed by atoms with van der Waals surface area (Å²) in [7, 11) is 3.30. The second-order valence-corrected chi connectivity index (χ2v) is 4.77. The first-order valence-electron chi connectivity index (χ1n) is 6.47. The van der Waals surface area contributed by atoms with Crippen molar-refractivity contribution in [3.63, 3.8) is 0 Å². The van der Waals surface area contributed by atoms with Gasteiger partial charge in [0.25, 0.3) is 0 Å². The van der Waals surface area contributed by atoms with Gasteiger partial charge in [-0.25, -0.2) is 0 Å². The highest BCUT2D eigenvalue weighted by molar-refractivity contribution is 5.47. The van der Waals surface area contributed by atoms with E-state index in [4.69, 9.17) is 15.2 Å². The van der Waals surface area contributed by atoms with Crippen molar-refractivity contribution in [3.05, 3.63) is 52.8 Å². The average molecular weight is 272 g/mol. The van der Waals surface area contributed by atoms with Crippen molar-refractivity contribution >= 4 is 0 Å². The summed E-state index contributed by atoms with van der Waals surface area (Å²) in [5.41, 5.74) is 10.6. The van der Waals surface area contributed by atoms with E-state index < -0.39 is 0 Å². The third-order valence-corrected chi connectivity index (χ3v) is 3.49. The summed E-state index contributed by atoms with van der Waals surface area (Å²) in [5, 5.41) is 0. The Hall–Kier alpha value is -2.07. The molecule has 1 atom stereocenters. The number of hydrogen-bond acceptors (Lipinski definition) is 4. The Labute approximate surface area is 119 Å². The largest absolute Gasteiger partial charge is 0.496 e. The van der Waals surface area contributed by atoms with Crippen molar-refractivity contribution < 1.29 is 9.47 Å². The van der Waals surface area contributed by atoms with Crippen LogP contribution in [0, 0.1) is 13.8 Å². The highest BCUT2D eigenvalue weighted by atomic mass is 16.5. The van der Waals surface area contributed by atoms with Gasteiger partial charge in [-0.05, 0) is 42.7 Å². The number of aryl methyl sites for hydroxylation is 2. The maximum Gasteiger partial charge on any atom is 0.142 e. The van der Waals surface area contributed by atoms with Crippen LogP contribution in [-0.2, 0) is 0 Å². The average Bonchev–Trinajstić information content (AvgIpc) is 2.48. The van der Waals surface area contributed by atoms with Gasteiger partial charge in [0, 0.05) is 11.8 Å². The fourth-order valence-electron chi connectivity index (χ4n) is 2.35. The van der Waals surface area contributed by atoms with Gasteiger partial charge in [-0.3, -0.25) is 4.98 Å². The minimum atomic E-state index is -0.252. The minimum absolute atomic E-state index is 0.252. The third-order valence-electron chi connectivity index (χ3n) is 3.49. The van der Waals surface area contributed by atoms with Gasteiger partial charge in [0.1, 0.15) is 11.5 Å². The van der Waals surface area contributed by atoms with Gasteiger partial charge >= 0.3 is 0 Å². The molecular formula is C16H20N2O2. The maximum absolute atomic E-state index is 6.41. The lowest BCUT2D eigenvalue weighted by atomic mass is 9.94. The van der Waals surface area contributed by atoms with E-state index in [2.05, 4.69) is 11.1 Å². The molecule has 106 valence electrons. The SMILES string of the molecule is COc1cc(C)c(C(N)c2ccncc2OC)cc1C. The van der Waals surface area contributed by atoms with Crippen LogP contribution in [-0.4, -0.2) is 19.2 Å². The van der Waals surface area contributed by atoms with E-state index in [1.165, 1.54) is 0 Å². The zero-order chi connectivity index (χ0) is 14.7. The molecule has 2 rings (SSSR count). The Bertz CT molecular complexity index is 611. The van der Waals surface area contributed by atoms with Gasteiger partial charge in [-0.2, -0.15) is 0 Å². The van der Waals surface area contributed by atoms with Gasteiger partial charge in [0.15, 0.2) is 0 Å². The molecule has 1 aromatic carbocycles. The summed E-state index contributed by atoms with van der Waals surface area (Å²) in [6.45, 7) is 4.04. The summed E-state index contributed by atoms with van der Waals surface area (Å²) >= 11 is 0. The molecule has 0 fully saturated rings. The van der Waals surface area contributed by atoms with E-state index in [-0.39, 0.29) is 6.04 Å². The lowest BCUT2D eigenvalue weighted by molar-refractivity contribution is 0.405. The zero-order valence-corrected chi connectivity index (χ0v) is 12.3. The molecular weight excluding hydrogens is 252 g/mol. The van der Waals surface area contributed by atoms with Crippen molar-refractivity contribution in [1.82, 2.24) is 4.98 Å². The van der Waals surface area contributed by atoms with E-state index in [9.17, 15) is 0 Å². The normalized spacial score (nSPS) is 12.1. The monoisotopic (exact) mass is 272 g/mol. The molecule has 0 saturated heterocycles. The maximum atomic E-state index is 6.41. The summed E-state index contributed by atoms with van der Waals surface area (Å²) in [5.74, 6) is 1.58. The summed E-state index contributed by atoms with van der Waals surface area (Å²) in [6.07, 6.45) is 3.41. The molecule has 1 heterocycles. The molecule has 1 unspecified atom stereocenters. The number of aromatic nitrogens is 1. The lowest BCUT2D eigenvalue weighted by Gasteiger charge is -2.19. The summed E-state index contributed by atoms with van der Waals surface area (Å²) in [4.78, 5) is 4.06. The van der Waals surface area contributed by atoms with Gasteiger partial charge in [-0.1, -0.05) is 6.07 Å². The number of nitrogens with two attached hydrogens (primary N) is 1. The van der Waals surface area contributed by atoms with Crippen LogP contribution in [0.25, 0.3) is 0 Å². The molecule has 4 nitrogen and oxygen atoms in total. The minimum Gasteiger partial charge on any atom is -0.496 e. The highest BCUT2D eigenvalue weighted by Crippen LogP contribution is 2.32. The van der Waals surface area contributed by atoms with Crippen LogP contribution in [0.3, 0.4) is 0 Å². The molecule has 4 heteroatoms. The quantitative estimate of drug-likeness (QED) is 0.929. The predicted octanol–water partition coefficient (Wildman–Crippen LogP) is 2.76. The molecule has 2 aromatic rings. The molecule has 0 radical (unpaired) electrons. The summed E-state index contributed by atoms with van der Waals surface area (Å²) in [6, 6.07) is 5.72. The van der Waals surface area contributed by atoms with E-state index in [0.717, 1.165) is 28.0 Å². The number of pyridine rings is 1. The number of rotatable bonds is 4. The predicted molar refractivity (Wildman–Crippen MR) is 79.3 cm³/mol. The highest BCUT2D eigenvalue weighted by Gasteiger charge is 2.17. The lowest BCUT2D eigenvalue weighted by Crippen LogP contribution is -2.15. The van der Waals surface area contributed by atoms with E-state index in [0.29, 0.717) is 5.75 Å². The topological polar surface area (TPSA) is 57.4 Å². The fourth-order valence-corrected chi connectivity index (χ4v) is 2.35. The first kappa shape index (κ1) is 14.3. The van der Waals surface area contributed by atoms with E-state index in [1.54, 1.807) is 26.6 Å². The molecule has 0 spiro atoms. The Balaban J connectivity index is 2.48. The Morgan fingerprint density at radius 2 is 1.70 bits per heavy atom. The Morgan fingerprint density at radius 1 is 1.00 bits per heavy atom. The molecule has 20 heavy (non-hydrogen) atoms. The van der Waals surface area contributed by atoms with Crippen molar-refractivity contribution in [3.8, 4) is 11.5 Å². The van der Waals surface area contributed by atoms with Crippen molar-refractivity contribution in [2.75, 3.05) is 14.2 Å².